The van der Waals surface area contributed by atoms with Crippen LogP contribution in [-0.4, -0.2) is 25.7 Å². The van der Waals surface area contributed by atoms with Crippen LogP contribution in [0, 0.1) is 5.82 Å². The smallest absolute Gasteiger partial charge is 0.327 e. The van der Waals surface area contributed by atoms with Crippen molar-refractivity contribution in [2.24, 2.45) is 0 Å². The number of rotatable bonds is 6. The van der Waals surface area contributed by atoms with Gasteiger partial charge in [-0.1, -0.05) is 18.9 Å². The third-order valence-electron chi connectivity index (χ3n) is 3.79. The van der Waals surface area contributed by atoms with Crippen molar-refractivity contribution in [3.05, 3.63) is 29.6 Å². The fourth-order valence-electron chi connectivity index (χ4n) is 2.72. The highest BCUT2D eigenvalue weighted by atomic mass is 19.1. The molecule has 1 fully saturated rings. The maximum Gasteiger partial charge on any atom is 0.327 e. The predicted octanol–water partition coefficient (Wildman–Crippen LogP) is 2.97. The van der Waals surface area contributed by atoms with Crippen LogP contribution in [0.2, 0.25) is 0 Å². The van der Waals surface area contributed by atoms with Gasteiger partial charge in [-0.25, -0.2) is 9.18 Å². The highest BCUT2D eigenvalue weighted by Gasteiger charge is 2.27. The molecule has 0 radical (unpaired) electrons. The molecule has 0 saturated heterocycles. The Labute approximate surface area is 124 Å². The highest BCUT2D eigenvalue weighted by molar-refractivity contribution is 5.77. The molecule has 0 aromatic heterocycles. The Morgan fingerprint density at radius 3 is 2.71 bits per heavy atom. The van der Waals surface area contributed by atoms with Gasteiger partial charge in [0.1, 0.15) is 6.04 Å². The molecule has 1 N–H and O–H groups in total. The van der Waals surface area contributed by atoms with E-state index in [0.29, 0.717) is 12.2 Å². The van der Waals surface area contributed by atoms with E-state index in [1.165, 1.54) is 19.2 Å². The van der Waals surface area contributed by atoms with Crippen LogP contribution in [-0.2, 0) is 9.53 Å². The monoisotopic (exact) mass is 295 g/mol. The number of esters is 1. The lowest BCUT2D eigenvalue weighted by molar-refractivity contribution is -0.146. The summed E-state index contributed by atoms with van der Waals surface area (Å²) < 4.78 is 23.9. The lowest BCUT2D eigenvalue weighted by atomic mass is 10.0. The van der Waals surface area contributed by atoms with Crippen molar-refractivity contribution in [2.75, 3.05) is 13.7 Å². The van der Waals surface area contributed by atoms with Crippen molar-refractivity contribution in [1.29, 1.82) is 0 Å². The molecule has 0 spiro atoms. The van der Waals surface area contributed by atoms with Crippen molar-refractivity contribution in [3.8, 4) is 5.75 Å². The Hall–Kier alpha value is -1.62. The number of ether oxygens (including phenoxy) is 2. The lowest BCUT2D eigenvalue weighted by Crippen LogP contribution is -2.36. The molecule has 0 aliphatic heterocycles. The van der Waals surface area contributed by atoms with Crippen LogP contribution in [0.4, 0.5) is 4.39 Å². The van der Waals surface area contributed by atoms with Crippen molar-refractivity contribution in [1.82, 2.24) is 5.32 Å². The first kappa shape index (κ1) is 15.8. The average Bonchev–Trinajstić information content (AvgIpc) is 2.98. The van der Waals surface area contributed by atoms with Gasteiger partial charge in [-0.3, -0.25) is 5.32 Å². The van der Waals surface area contributed by atoms with Crippen molar-refractivity contribution >= 4 is 5.97 Å². The first-order valence-corrected chi connectivity index (χ1v) is 7.41. The summed E-state index contributed by atoms with van der Waals surface area (Å²) in [4.78, 5) is 12.2. The molecule has 1 aliphatic carbocycles. The van der Waals surface area contributed by atoms with Crippen LogP contribution >= 0.6 is 0 Å². The Kier molecular flexibility index (Phi) is 5.56. The molecule has 0 bridgehead atoms. The minimum Gasteiger partial charge on any atom is -0.494 e. The zero-order valence-corrected chi connectivity index (χ0v) is 12.5. The maximum absolute atomic E-state index is 13.9. The molecule has 1 atom stereocenters. The molecule has 2 rings (SSSR count). The van der Waals surface area contributed by atoms with Crippen LogP contribution in [0.15, 0.2) is 18.2 Å². The lowest BCUT2D eigenvalue weighted by Gasteiger charge is -2.22. The van der Waals surface area contributed by atoms with E-state index in [2.05, 4.69) is 5.32 Å². The van der Waals surface area contributed by atoms with Crippen molar-refractivity contribution in [3.63, 3.8) is 0 Å². The number of nitrogens with one attached hydrogen (secondary N) is 1. The van der Waals surface area contributed by atoms with Gasteiger partial charge in [-0.05, 0) is 37.5 Å². The SMILES string of the molecule is CCOC(=O)C(NC1CCCC1)c1ccc(OC)c(F)c1. The molecule has 0 heterocycles. The zero-order chi connectivity index (χ0) is 15.2. The van der Waals surface area contributed by atoms with E-state index in [0.717, 1.165) is 25.7 Å². The number of halogens is 1. The van der Waals surface area contributed by atoms with Gasteiger partial charge < -0.3 is 9.47 Å². The van der Waals surface area contributed by atoms with Crippen LogP contribution in [0.25, 0.3) is 0 Å². The van der Waals surface area contributed by atoms with E-state index in [1.807, 2.05) is 0 Å². The van der Waals surface area contributed by atoms with Crippen LogP contribution in [0.3, 0.4) is 0 Å². The van der Waals surface area contributed by atoms with Crippen molar-refractivity contribution < 1.29 is 18.7 Å². The van der Waals surface area contributed by atoms with E-state index >= 15 is 0 Å². The van der Waals surface area contributed by atoms with E-state index in [4.69, 9.17) is 9.47 Å². The number of benzene rings is 1. The second-order valence-corrected chi connectivity index (χ2v) is 5.23. The largest absolute Gasteiger partial charge is 0.494 e. The van der Waals surface area contributed by atoms with E-state index in [9.17, 15) is 9.18 Å². The molecule has 1 saturated carbocycles. The number of methoxy groups -OCH3 is 1. The molecular weight excluding hydrogens is 273 g/mol. The fraction of sp³-hybridized carbons (Fsp3) is 0.562. The topological polar surface area (TPSA) is 47.6 Å². The van der Waals surface area contributed by atoms with Gasteiger partial charge in [0.05, 0.1) is 13.7 Å². The Morgan fingerprint density at radius 1 is 1.43 bits per heavy atom. The second kappa shape index (κ2) is 7.41. The van der Waals surface area contributed by atoms with Crippen LogP contribution < -0.4 is 10.1 Å². The van der Waals surface area contributed by atoms with Gasteiger partial charge in [-0.15, -0.1) is 0 Å². The summed E-state index contributed by atoms with van der Waals surface area (Å²) in [6.45, 7) is 2.07. The molecule has 1 aliphatic rings. The summed E-state index contributed by atoms with van der Waals surface area (Å²) in [5.41, 5.74) is 0.568. The zero-order valence-electron chi connectivity index (χ0n) is 12.5. The van der Waals surface area contributed by atoms with E-state index in [-0.39, 0.29) is 17.8 Å². The van der Waals surface area contributed by atoms with Crippen LogP contribution in [0.5, 0.6) is 5.75 Å². The molecule has 1 aromatic carbocycles. The minimum atomic E-state index is -0.631. The number of hydrogen-bond donors (Lipinski definition) is 1. The number of hydrogen-bond acceptors (Lipinski definition) is 4. The molecule has 1 aromatic rings. The fourth-order valence-corrected chi connectivity index (χ4v) is 2.72. The van der Waals surface area contributed by atoms with Crippen LogP contribution in [0.1, 0.15) is 44.2 Å². The second-order valence-electron chi connectivity index (χ2n) is 5.23. The summed E-state index contributed by atoms with van der Waals surface area (Å²) in [5, 5.41) is 3.30. The molecule has 4 nitrogen and oxygen atoms in total. The standard InChI is InChI=1S/C16H22FNO3/c1-3-21-16(19)15(18-12-6-4-5-7-12)11-8-9-14(20-2)13(17)10-11/h8-10,12,15,18H,3-7H2,1-2H3. The number of carbonyl (C=O) groups is 1. The Bertz CT molecular complexity index is 486. The Morgan fingerprint density at radius 2 is 2.14 bits per heavy atom. The molecular formula is C16H22FNO3. The summed E-state index contributed by atoms with van der Waals surface area (Å²) in [6.07, 6.45) is 4.39. The molecule has 1 unspecified atom stereocenters. The average molecular weight is 295 g/mol. The van der Waals surface area contributed by atoms with Gasteiger partial charge in [-0.2, -0.15) is 0 Å². The third kappa shape index (κ3) is 3.94. The van der Waals surface area contributed by atoms with Gasteiger partial charge in [0.25, 0.3) is 0 Å². The minimum absolute atomic E-state index is 0.169. The molecule has 5 heteroatoms. The maximum atomic E-state index is 13.9. The van der Waals surface area contributed by atoms with Crippen molar-refractivity contribution in [2.45, 2.75) is 44.7 Å². The summed E-state index contributed by atoms with van der Waals surface area (Å²) >= 11 is 0. The highest BCUT2D eigenvalue weighted by Crippen LogP contribution is 2.26. The van der Waals surface area contributed by atoms with Gasteiger partial charge in [0.15, 0.2) is 11.6 Å². The predicted molar refractivity (Wildman–Crippen MR) is 77.7 cm³/mol. The quantitative estimate of drug-likeness (QED) is 0.820. The summed E-state index contributed by atoms with van der Waals surface area (Å²) in [7, 11) is 1.41. The normalized spacial score (nSPS) is 16.7. The van der Waals surface area contributed by atoms with E-state index in [1.54, 1.807) is 13.0 Å². The van der Waals surface area contributed by atoms with Gasteiger partial charge in [0, 0.05) is 6.04 Å². The Balaban J connectivity index is 2.20. The molecule has 21 heavy (non-hydrogen) atoms. The summed E-state index contributed by atoms with van der Waals surface area (Å²) in [5.74, 6) is -0.672. The third-order valence-corrected chi connectivity index (χ3v) is 3.79. The first-order chi connectivity index (χ1) is 10.2. The first-order valence-electron chi connectivity index (χ1n) is 7.41. The number of carbonyl (C=O) groups excluding carboxylic acids is 1. The van der Waals surface area contributed by atoms with Gasteiger partial charge >= 0.3 is 5.97 Å². The molecule has 116 valence electrons. The van der Waals surface area contributed by atoms with Gasteiger partial charge in [0.2, 0.25) is 0 Å². The van der Waals surface area contributed by atoms with E-state index < -0.39 is 11.9 Å². The summed E-state index contributed by atoms with van der Waals surface area (Å²) in [6, 6.07) is 4.22. The molecule has 0 amide bonds.